The highest BCUT2D eigenvalue weighted by atomic mass is 16.5. The predicted molar refractivity (Wildman–Crippen MR) is 62.7 cm³/mol. The first-order valence-corrected chi connectivity index (χ1v) is 5.04. The number of pyridine rings is 1. The molecule has 17 heavy (non-hydrogen) atoms. The molecule has 4 heteroatoms. The summed E-state index contributed by atoms with van der Waals surface area (Å²) in [4.78, 5) is 14.5. The van der Waals surface area contributed by atoms with Gasteiger partial charge in [-0.05, 0) is 18.2 Å². The molecule has 4 nitrogen and oxygen atoms in total. The Bertz CT molecular complexity index is 526. The van der Waals surface area contributed by atoms with Crippen LogP contribution in [0.3, 0.4) is 0 Å². The lowest BCUT2D eigenvalue weighted by Crippen LogP contribution is -1.91. The number of carbonyl (C=O) groups excluding carboxylic acids is 1. The molecule has 0 atom stereocenters. The second-order valence-corrected chi connectivity index (χ2v) is 3.32. The Balaban J connectivity index is 2.27. The van der Waals surface area contributed by atoms with Crippen LogP contribution in [0.4, 0.5) is 0 Å². The Morgan fingerprint density at radius 3 is 2.65 bits per heavy atom. The third-order valence-corrected chi connectivity index (χ3v) is 2.17. The Morgan fingerprint density at radius 2 is 1.94 bits per heavy atom. The maximum absolute atomic E-state index is 10.6. The molecular weight excluding hydrogens is 218 g/mol. The first-order chi connectivity index (χ1) is 8.33. The van der Waals surface area contributed by atoms with E-state index in [1.165, 1.54) is 6.20 Å². The molecule has 0 radical (unpaired) electrons. The van der Waals surface area contributed by atoms with Gasteiger partial charge in [0.15, 0.2) is 17.8 Å². The van der Waals surface area contributed by atoms with Crippen molar-refractivity contribution in [1.82, 2.24) is 4.98 Å². The Labute approximate surface area is 98.8 Å². The van der Waals surface area contributed by atoms with Gasteiger partial charge in [0.2, 0.25) is 0 Å². The molecule has 0 aliphatic rings. The molecule has 0 aliphatic carbocycles. The largest absolute Gasteiger partial charge is 0.493 e. The van der Waals surface area contributed by atoms with Gasteiger partial charge in [0.1, 0.15) is 5.75 Å². The third-order valence-electron chi connectivity index (χ3n) is 2.17. The number of hydrogen-bond donors (Lipinski definition) is 0. The normalized spacial score (nSPS) is 9.71. The van der Waals surface area contributed by atoms with Gasteiger partial charge in [-0.3, -0.25) is 9.78 Å². The molecule has 2 aromatic rings. The van der Waals surface area contributed by atoms with Gasteiger partial charge < -0.3 is 9.47 Å². The summed E-state index contributed by atoms with van der Waals surface area (Å²) >= 11 is 0. The predicted octanol–water partition coefficient (Wildman–Crippen LogP) is 2.70. The molecule has 0 fully saturated rings. The Morgan fingerprint density at radius 1 is 1.18 bits per heavy atom. The number of carbonyl (C=O) groups is 1. The maximum atomic E-state index is 10.6. The number of aldehydes is 1. The molecule has 0 spiro atoms. The minimum atomic E-state index is 0.470. The number of nitrogens with zero attached hydrogens (tertiary/aromatic N) is 1. The van der Waals surface area contributed by atoms with Crippen LogP contribution < -0.4 is 9.47 Å². The smallest absolute Gasteiger partial charge is 0.169 e. The highest BCUT2D eigenvalue weighted by Crippen LogP contribution is 2.30. The van der Waals surface area contributed by atoms with Crippen LogP contribution in [0.2, 0.25) is 0 Å². The van der Waals surface area contributed by atoms with E-state index in [4.69, 9.17) is 9.47 Å². The molecule has 0 unspecified atom stereocenters. The van der Waals surface area contributed by atoms with Crippen molar-refractivity contribution in [2.24, 2.45) is 0 Å². The van der Waals surface area contributed by atoms with Gasteiger partial charge in [-0.1, -0.05) is 12.1 Å². The van der Waals surface area contributed by atoms with Crippen molar-refractivity contribution in [2.75, 3.05) is 7.11 Å². The van der Waals surface area contributed by atoms with Crippen LogP contribution in [0.15, 0.2) is 42.7 Å². The van der Waals surface area contributed by atoms with E-state index in [9.17, 15) is 4.79 Å². The Hall–Kier alpha value is -2.36. The molecule has 0 bridgehead atoms. The third kappa shape index (κ3) is 2.60. The van der Waals surface area contributed by atoms with E-state index < -0.39 is 0 Å². The van der Waals surface area contributed by atoms with Crippen molar-refractivity contribution in [3.05, 3.63) is 48.3 Å². The zero-order valence-corrected chi connectivity index (χ0v) is 9.29. The summed E-state index contributed by atoms with van der Waals surface area (Å²) in [5, 5.41) is 0. The van der Waals surface area contributed by atoms with Crippen LogP contribution in [-0.4, -0.2) is 18.4 Å². The molecule has 0 N–H and O–H groups in total. The summed E-state index contributed by atoms with van der Waals surface area (Å²) < 4.78 is 10.8. The van der Waals surface area contributed by atoms with Gasteiger partial charge in [0.25, 0.3) is 0 Å². The van der Waals surface area contributed by atoms with E-state index >= 15 is 0 Å². The fourth-order valence-electron chi connectivity index (χ4n) is 1.39. The Kier molecular flexibility index (Phi) is 3.35. The number of benzene rings is 1. The van der Waals surface area contributed by atoms with Gasteiger partial charge in [-0.15, -0.1) is 0 Å². The summed E-state index contributed by atoms with van der Waals surface area (Å²) in [5.41, 5.74) is 0.470. The quantitative estimate of drug-likeness (QED) is 0.756. The first kappa shape index (κ1) is 11.1. The van der Waals surface area contributed by atoms with Crippen LogP contribution in [0.1, 0.15) is 10.4 Å². The molecule has 0 saturated heterocycles. The number of aromatic nitrogens is 1. The van der Waals surface area contributed by atoms with Crippen LogP contribution >= 0.6 is 0 Å². The number of para-hydroxylation sites is 2. The summed E-state index contributed by atoms with van der Waals surface area (Å²) in [6, 6.07) is 8.89. The van der Waals surface area contributed by atoms with Crippen LogP contribution in [-0.2, 0) is 0 Å². The van der Waals surface area contributed by atoms with Crippen molar-refractivity contribution in [1.29, 1.82) is 0 Å². The summed E-state index contributed by atoms with van der Waals surface area (Å²) in [5.74, 6) is 1.71. The van der Waals surface area contributed by atoms with Gasteiger partial charge in [-0.2, -0.15) is 0 Å². The summed E-state index contributed by atoms with van der Waals surface area (Å²) in [6.07, 6.45) is 3.74. The van der Waals surface area contributed by atoms with Crippen LogP contribution in [0.5, 0.6) is 17.2 Å². The first-order valence-electron chi connectivity index (χ1n) is 5.04. The standard InChI is InChI=1S/C13H11NO3/c1-16-12-4-2-3-5-13(12)17-11-6-10(9-15)7-14-8-11/h2-9H,1H3. The van der Waals surface area contributed by atoms with Gasteiger partial charge in [0.05, 0.1) is 13.3 Å². The van der Waals surface area contributed by atoms with E-state index in [0.717, 1.165) is 6.29 Å². The van der Waals surface area contributed by atoms with E-state index in [1.54, 1.807) is 31.5 Å². The fourth-order valence-corrected chi connectivity index (χ4v) is 1.39. The second kappa shape index (κ2) is 5.12. The molecule has 0 amide bonds. The highest BCUT2D eigenvalue weighted by molar-refractivity contribution is 5.74. The average molecular weight is 229 g/mol. The van der Waals surface area contributed by atoms with E-state index in [2.05, 4.69) is 4.98 Å². The zero-order valence-electron chi connectivity index (χ0n) is 9.29. The minimum Gasteiger partial charge on any atom is -0.493 e. The monoisotopic (exact) mass is 229 g/mol. The lowest BCUT2D eigenvalue weighted by molar-refractivity contribution is 0.112. The summed E-state index contributed by atoms with van der Waals surface area (Å²) in [7, 11) is 1.57. The van der Waals surface area contributed by atoms with Crippen LogP contribution in [0.25, 0.3) is 0 Å². The lowest BCUT2D eigenvalue weighted by Gasteiger charge is -2.09. The fraction of sp³-hybridized carbons (Fsp3) is 0.0769. The van der Waals surface area contributed by atoms with Crippen molar-refractivity contribution >= 4 is 6.29 Å². The molecule has 0 aliphatic heterocycles. The molecule has 86 valence electrons. The van der Waals surface area contributed by atoms with Crippen molar-refractivity contribution in [2.45, 2.75) is 0 Å². The van der Waals surface area contributed by atoms with Crippen molar-refractivity contribution in [3.8, 4) is 17.2 Å². The number of rotatable bonds is 4. The topological polar surface area (TPSA) is 48.4 Å². The minimum absolute atomic E-state index is 0.470. The highest BCUT2D eigenvalue weighted by Gasteiger charge is 2.04. The van der Waals surface area contributed by atoms with E-state index in [1.807, 2.05) is 12.1 Å². The number of ether oxygens (including phenoxy) is 2. The average Bonchev–Trinajstić information content (AvgIpc) is 2.39. The molecule has 1 aromatic heterocycles. The molecule has 0 saturated carbocycles. The van der Waals surface area contributed by atoms with Crippen molar-refractivity contribution < 1.29 is 14.3 Å². The number of hydrogen-bond acceptors (Lipinski definition) is 4. The SMILES string of the molecule is COc1ccccc1Oc1cncc(C=O)c1. The van der Waals surface area contributed by atoms with Crippen LogP contribution in [0, 0.1) is 0 Å². The molecule has 1 heterocycles. The lowest BCUT2D eigenvalue weighted by atomic mass is 10.3. The van der Waals surface area contributed by atoms with Gasteiger partial charge in [-0.25, -0.2) is 0 Å². The van der Waals surface area contributed by atoms with E-state index in [-0.39, 0.29) is 0 Å². The maximum Gasteiger partial charge on any atom is 0.169 e. The summed E-state index contributed by atoms with van der Waals surface area (Å²) in [6.45, 7) is 0. The number of methoxy groups -OCH3 is 1. The molecule has 1 aromatic carbocycles. The molecular formula is C13H11NO3. The second-order valence-electron chi connectivity index (χ2n) is 3.32. The van der Waals surface area contributed by atoms with Gasteiger partial charge >= 0.3 is 0 Å². The van der Waals surface area contributed by atoms with Gasteiger partial charge in [0, 0.05) is 11.8 Å². The molecule has 2 rings (SSSR count). The van der Waals surface area contributed by atoms with Crippen molar-refractivity contribution in [3.63, 3.8) is 0 Å². The van der Waals surface area contributed by atoms with E-state index in [0.29, 0.717) is 22.8 Å². The zero-order chi connectivity index (χ0) is 12.1.